The van der Waals surface area contributed by atoms with Crippen LogP contribution in [-0.4, -0.2) is 64.4 Å². The first-order chi connectivity index (χ1) is 11.9. The van der Waals surface area contributed by atoms with Crippen molar-refractivity contribution in [3.05, 3.63) is 34.3 Å². The van der Waals surface area contributed by atoms with Crippen LogP contribution in [0.15, 0.2) is 17.2 Å². The molecule has 1 N–H and O–H groups in total. The van der Waals surface area contributed by atoms with E-state index in [0.29, 0.717) is 44.6 Å². The van der Waals surface area contributed by atoms with Crippen LogP contribution in [0.4, 0.5) is 0 Å². The average Bonchev–Trinajstić information content (AvgIpc) is 3.26. The summed E-state index contributed by atoms with van der Waals surface area (Å²) in [5, 5.41) is 1.74. The number of imidazole rings is 1. The number of thiazole rings is 1. The Labute approximate surface area is 149 Å². The normalized spacial score (nSPS) is 20.6. The number of sulfonamides is 1. The Balaban J connectivity index is 1.64. The van der Waals surface area contributed by atoms with Crippen molar-refractivity contribution in [2.45, 2.75) is 24.8 Å². The van der Waals surface area contributed by atoms with Gasteiger partial charge in [-0.1, -0.05) is 0 Å². The molecule has 2 aliphatic rings. The summed E-state index contributed by atoms with van der Waals surface area (Å²) in [6, 6.07) is 0. The maximum Gasteiger partial charge on any atom is 0.273 e. The number of hydrogen-bond acceptors (Lipinski definition) is 6. The van der Waals surface area contributed by atoms with E-state index in [0.717, 1.165) is 11.4 Å². The van der Waals surface area contributed by atoms with Crippen LogP contribution in [0.2, 0.25) is 0 Å². The van der Waals surface area contributed by atoms with Gasteiger partial charge in [0.15, 0.2) is 0 Å². The zero-order chi connectivity index (χ0) is 17.7. The zero-order valence-electron chi connectivity index (χ0n) is 13.8. The van der Waals surface area contributed by atoms with Gasteiger partial charge in [0.2, 0.25) is 10.0 Å². The van der Waals surface area contributed by atoms with Crippen molar-refractivity contribution in [3.63, 3.8) is 0 Å². The van der Waals surface area contributed by atoms with Crippen LogP contribution in [0.1, 0.15) is 34.7 Å². The number of nitrogens with zero attached hydrogens (tertiary/aromatic N) is 4. The van der Waals surface area contributed by atoms with Crippen molar-refractivity contribution in [1.82, 2.24) is 24.2 Å². The van der Waals surface area contributed by atoms with Gasteiger partial charge in [-0.2, -0.15) is 4.31 Å². The van der Waals surface area contributed by atoms with Crippen molar-refractivity contribution in [3.8, 4) is 0 Å². The lowest BCUT2D eigenvalue weighted by atomic mass is 9.80. The predicted molar refractivity (Wildman–Crippen MR) is 92.8 cm³/mol. The Morgan fingerprint density at radius 2 is 2.04 bits per heavy atom. The third-order valence-corrected chi connectivity index (χ3v) is 7.05. The monoisotopic (exact) mass is 381 g/mol. The molecule has 0 atom stereocenters. The summed E-state index contributed by atoms with van der Waals surface area (Å²) in [5.74, 6) is -0.0972. The summed E-state index contributed by atoms with van der Waals surface area (Å²) >= 11 is 1.39. The molecule has 10 heteroatoms. The lowest BCUT2D eigenvalue weighted by Crippen LogP contribution is -2.58. The van der Waals surface area contributed by atoms with Crippen molar-refractivity contribution in [2.24, 2.45) is 0 Å². The summed E-state index contributed by atoms with van der Waals surface area (Å²) in [6.07, 6.45) is 4.58. The molecular weight excluding hydrogens is 362 g/mol. The number of hydrogen-bond donors (Lipinski definition) is 1. The van der Waals surface area contributed by atoms with Crippen LogP contribution < -0.4 is 0 Å². The van der Waals surface area contributed by atoms with E-state index < -0.39 is 15.6 Å². The molecule has 2 aliphatic heterocycles. The first-order valence-electron chi connectivity index (χ1n) is 8.10. The topological polar surface area (TPSA) is 99.3 Å². The third-order valence-electron chi connectivity index (χ3n) is 5.13. The largest absolute Gasteiger partial charge is 0.348 e. The van der Waals surface area contributed by atoms with Gasteiger partial charge in [0.05, 0.1) is 29.3 Å². The van der Waals surface area contributed by atoms with E-state index >= 15 is 0 Å². The zero-order valence-corrected chi connectivity index (χ0v) is 15.4. The number of amides is 1. The molecule has 0 unspecified atom stereocenters. The molecule has 8 nitrogen and oxygen atoms in total. The number of nitrogens with one attached hydrogen (secondary N) is 1. The quantitative estimate of drug-likeness (QED) is 0.830. The third kappa shape index (κ3) is 2.68. The van der Waals surface area contributed by atoms with Gasteiger partial charge in [-0.3, -0.25) is 4.79 Å². The molecule has 0 aromatic carbocycles. The highest BCUT2D eigenvalue weighted by molar-refractivity contribution is 7.88. The van der Waals surface area contributed by atoms with E-state index in [9.17, 15) is 13.2 Å². The molecule has 4 heterocycles. The van der Waals surface area contributed by atoms with Crippen molar-refractivity contribution in [2.75, 3.05) is 25.9 Å². The van der Waals surface area contributed by atoms with Crippen LogP contribution in [0.25, 0.3) is 0 Å². The molecule has 0 bridgehead atoms. The van der Waals surface area contributed by atoms with Crippen LogP contribution in [0, 0.1) is 0 Å². The fourth-order valence-corrected chi connectivity index (χ4v) is 5.84. The molecule has 0 radical (unpaired) electrons. The first kappa shape index (κ1) is 16.7. The Morgan fingerprint density at radius 1 is 1.28 bits per heavy atom. The van der Waals surface area contributed by atoms with E-state index in [4.69, 9.17) is 0 Å². The average molecular weight is 381 g/mol. The molecule has 2 aromatic rings. The second-order valence-electron chi connectivity index (χ2n) is 6.51. The highest BCUT2D eigenvalue weighted by Crippen LogP contribution is 2.43. The molecule has 1 amide bonds. The molecule has 1 saturated heterocycles. The fraction of sp³-hybridized carbons (Fsp3) is 0.533. The minimum absolute atomic E-state index is 0.0972. The standard InChI is InChI=1S/C15H19N5O3S2/c1-25(22,23)20-5-2-11-13(17-9-16-11)15(20)3-6-19(7-4-15)14(21)12-8-24-10-18-12/h8-10H,2-7H2,1H3,(H,16,17). The van der Waals surface area contributed by atoms with Crippen LogP contribution in [0.5, 0.6) is 0 Å². The second kappa shape index (κ2) is 5.89. The van der Waals surface area contributed by atoms with E-state index in [1.165, 1.54) is 17.6 Å². The van der Waals surface area contributed by atoms with Gasteiger partial charge >= 0.3 is 0 Å². The lowest BCUT2D eigenvalue weighted by molar-refractivity contribution is 0.0459. The number of aromatic amines is 1. The van der Waals surface area contributed by atoms with E-state index in [2.05, 4.69) is 15.0 Å². The number of carbonyl (C=O) groups excluding carboxylic acids is 1. The van der Waals surface area contributed by atoms with Crippen LogP contribution >= 0.6 is 11.3 Å². The predicted octanol–water partition coefficient (Wildman–Crippen LogP) is 0.815. The summed E-state index contributed by atoms with van der Waals surface area (Å²) in [6.45, 7) is 1.40. The van der Waals surface area contributed by atoms with Crippen molar-refractivity contribution in [1.29, 1.82) is 0 Å². The van der Waals surface area contributed by atoms with Gasteiger partial charge in [0, 0.05) is 37.1 Å². The summed E-state index contributed by atoms with van der Waals surface area (Å²) in [7, 11) is -3.37. The van der Waals surface area contributed by atoms with E-state index in [-0.39, 0.29) is 5.91 Å². The van der Waals surface area contributed by atoms with Gasteiger partial charge in [0.25, 0.3) is 5.91 Å². The molecular formula is C15H19N5O3S2. The van der Waals surface area contributed by atoms with Crippen molar-refractivity contribution >= 4 is 27.3 Å². The molecule has 1 fully saturated rings. The Kier molecular flexibility index (Phi) is 3.93. The smallest absolute Gasteiger partial charge is 0.273 e. The maximum atomic E-state index is 12.5. The van der Waals surface area contributed by atoms with Gasteiger partial charge in [-0.15, -0.1) is 11.3 Å². The van der Waals surface area contributed by atoms with E-state index in [1.807, 2.05) is 0 Å². The Morgan fingerprint density at radius 3 is 2.68 bits per heavy atom. The van der Waals surface area contributed by atoms with Gasteiger partial charge in [0.1, 0.15) is 5.69 Å². The maximum absolute atomic E-state index is 12.5. The molecule has 0 saturated carbocycles. The number of rotatable bonds is 2. The summed E-state index contributed by atoms with van der Waals surface area (Å²) in [5.41, 5.74) is 3.23. The molecule has 2 aromatic heterocycles. The number of likely N-dealkylation sites (tertiary alicyclic amines) is 1. The number of aromatic nitrogens is 3. The molecule has 1 spiro atoms. The second-order valence-corrected chi connectivity index (χ2v) is 9.14. The van der Waals surface area contributed by atoms with E-state index in [1.54, 1.807) is 26.4 Å². The minimum atomic E-state index is -3.37. The number of H-pyrrole nitrogens is 1. The summed E-state index contributed by atoms with van der Waals surface area (Å²) in [4.78, 5) is 25.9. The molecule has 134 valence electrons. The summed E-state index contributed by atoms with van der Waals surface area (Å²) < 4.78 is 26.4. The highest BCUT2D eigenvalue weighted by atomic mass is 32.2. The van der Waals surface area contributed by atoms with Gasteiger partial charge in [-0.25, -0.2) is 18.4 Å². The number of piperidine rings is 1. The van der Waals surface area contributed by atoms with Gasteiger partial charge in [-0.05, 0) is 12.8 Å². The van der Waals surface area contributed by atoms with Gasteiger partial charge < -0.3 is 9.88 Å². The molecule has 0 aliphatic carbocycles. The number of fused-ring (bicyclic) bond motifs is 2. The fourth-order valence-electron chi connectivity index (χ4n) is 3.99. The van der Waals surface area contributed by atoms with Crippen LogP contribution in [-0.2, 0) is 22.0 Å². The Bertz CT molecular complexity index is 882. The van der Waals surface area contributed by atoms with Crippen LogP contribution in [0.3, 0.4) is 0 Å². The Hall–Kier alpha value is -1.78. The van der Waals surface area contributed by atoms with Crippen molar-refractivity contribution < 1.29 is 13.2 Å². The highest BCUT2D eigenvalue weighted by Gasteiger charge is 2.50. The lowest BCUT2D eigenvalue weighted by Gasteiger charge is -2.49. The molecule has 4 rings (SSSR count). The SMILES string of the molecule is CS(=O)(=O)N1CCc2[nH]cnc2C12CCN(C(=O)c1cscn1)CC2. The molecule has 25 heavy (non-hydrogen) atoms. The first-order valence-corrected chi connectivity index (χ1v) is 10.9. The number of carbonyl (C=O) groups is 1. The minimum Gasteiger partial charge on any atom is -0.348 e.